The number of nitrogens with two attached hydrogens (primary N) is 1. The molecule has 6 nitrogen and oxygen atoms in total. The fraction of sp³-hybridized carbons (Fsp3) is 0.692. The molecule has 1 aromatic heterocycles. The van der Waals surface area contributed by atoms with Crippen molar-refractivity contribution in [3.63, 3.8) is 0 Å². The van der Waals surface area contributed by atoms with E-state index in [0.717, 1.165) is 24.7 Å². The molecule has 1 aliphatic carbocycles. The van der Waals surface area contributed by atoms with Crippen LogP contribution in [0.25, 0.3) is 0 Å². The number of aryl methyl sites for hydroxylation is 1. The van der Waals surface area contributed by atoms with Gasteiger partial charge in [-0.3, -0.25) is 14.4 Å². The number of likely N-dealkylation sites (N-methyl/N-ethyl adjacent to an activating group) is 1. The van der Waals surface area contributed by atoms with Crippen LogP contribution >= 0.6 is 0 Å². The molecule has 0 bridgehead atoms. The van der Waals surface area contributed by atoms with Crippen LogP contribution in [0.1, 0.15) is 31.4 Å². The van der Waals surface area contributed by atoms with Crippen LogP contribution in [-0.2, 0) is 11.8 Å². The Morgan fingerprint density at radius 3 is 2.95 bits per heavy atom. The molecule has 0 aromatic carbocycles. The second-order valence-electron chi connectivity index (χ2n) is 5.08. The summed E-state index contributed by atoms with van der Waals surface area (Å²) in [6.07, 6.45) is 5.98. The summed E-state index contributed by atoms with van der Waals surface area (Å²) in [4.78, 5) is 14.3. The fourth-order valence-corrected chi connectivity index (χ4v) is 2.22. The van der Waals surface area contributed by atoms with Gasteiger partial charge in [0.2, 0.25) is 5.91 Å². The highest BCUT2D eigenvalue weighted by atomic mass is 16.2. The fourth-order valence-electron chi connectivity index (χ4n) is 2.22. The first-order chi connectivity index (χ1) is 9.11. The zero-order valence-electron chi connectivity index (χ0n) is 11.7. The maximum Gasteiger partial charge on any atom is 0.241 e. The second-order valence-corrected chi connectivity index (χ2v) is 5.08. The molecule has 1 unspecified atom stereocenters. The van der Waals surface area contributed by atoms with Gasteiger partial charge in [0.1, 0.15) is 6.04 Å². The number of nitrogens with one attached hydrogen (secondary N) is 1. The number of carbonyl (C=O) groups is 1. The number of nitrogens with zero attached hydrogens (tertiary/aromatic N) is 3. The van der Waals surface area contributed by atoms with Gasteiger partial charge < -0.3 is 11.1 Å². The Kier molecular flexibility index (Phi) is 4.55. The number of aromatic nitrogens is 2. The largest absolute Gasteiger partial charge is 0.353 e. The van der Waals surface area contributed by atoms with E-state index in [2.05, 4.69) is 22.2 Å². The lowest BCUT2D eigenvalue weighted by Crippen LogP contribution is -2.39. The normalized spacial score (nSPS) is 16.6. The summed E-state index contributed by atoms with van der Waals surface area (Å²) in [7, 11) is 1.81. The number of carbonyl (C=O) groups excluding carboxylic acids is 1. The molecule has 1 amide bonds. The zero-order valence-corrected chi connectivity index (χ0v) is 11.7. The van der Waals surface area contributed by atoms with Gasteiger partial charge in [-0.05, 0) is 19.4 Å². The molecule has 1 heterocycles. The van der Waals surface area contributed by atoms with Crippen molar-refractivity contribution in [2.24, 2.45) is 12.8 Å². The van der Waals surface area contributed by atoms with Crippen molar-refractivity contribution in [1.29, 1.82) is 0 Å². The molecule has 0 spiro atoms. The molecular weight excluding hydrogens is 242 g/mol. The summed E-state index contributed by atoms with van der Waals surface area (Å²) < 4.78 is 1.65. The van der Waals surface area contributed by atoms with E-state index in [1.54, 1.807) is 17.1 Å². The Labute approximate surface area is 113 Å². The molecule has 1 aromatic rings. The molecule has 0 radical (unpaired) electrons. The highest BCUT2D eigenvalue weighted by Gasteiger charge is 2.27. The van der Waals surface area contributed by atoms with E-state index in [1.165, 1.54) is 12.8 Å². The molecular formula is C13H23N5O. The average Bonchev–Trinajstić information content (AvgIpc) is 3.15. The summed E-state index contributed by atoms with van der Waals surface area (Å²) in [5.74, 6) is -0.139. The Bertz CT molecular complexity index is 426. The van der Waals surface area contributed by atoms with Crippen molar-refractivity contribution in [3.05, 3.63) is 18.0 Å². The van der Waals surface area contributed by atoms with Gasteiger partial charge in [-0.15, -0.1) is 0 Å². The smallest absolute Gasteiger partial charge is 0.241 e. The van der Waals surface area contributed by atoms with Gasteiger partial charge in [0.05, 0.1) is 6.20 Å². The summed E-state index contributed by atoms with van der Waals surface area (Å²) in [6.45, 7) is 4.74. The summed E-state index contributed by atoms with van der Waals surface area (Å²) in [5.41, 5.74) is 6.64. The molecule has 106 valence electrons. The van der Waals surface area contributed by atoms with Gasteiger partial charge in [0, 0.05) is 37.9 Å². The van der Waals surface area contributed by atoms with Crippen LogP contribution in [-0.4, -0.2) is 46.3 Å². The van der Waals surface area contributed by atoms with Crippen LogP contribution in [0.4, 0.5) is 0 Å². The van der Waals surface area contributed by atoms with Crippen molar-refractivity contribution < 1.29 is 4.79 Å². The molecule has 6 heteroatoms. The Hall–Kier alpha value is -1.40. The van der Waals surface area contributed by atoms with E-state index < -0.39 is 6.04 Å². The third-order valence-corrected chi connectivity index (χ3v) is 3.53. The third kappa shape index (κ3) is 3.78. The highest BCUT2D eigenvalue weighted by molar-refractivity contribution is 5.82. The number of hydrogen-bond acceptors (Lipinski definition) is 4. The van der Waals surface area contributed by atoms with Crippen LogP contribution in [0.2, 0.25) is 0 Å². The lowest BCUT2D eigenvalue weighted by atomic mass is 10.1. The predicted octanol–water partition coefficient (Wildman–Crippen LogP) is 0.0204. The van der Waals surface area contributed by atoms with Gasteiger partial charge in [-0.1, -0.05) is 6.92 Å². The maximum absolute atomic E-state index is 11.9. The first-order valence-corrected chi connectivity index (χ1v) is 6.87. The number of amides is 1. The minimum absolute atomic E-state index is 0.139. The summed E-state index contributed by atoms with van der Waals surface area (Å²) in [5, 5.41) is 6.92. The van der Waals surface area contributed by atoms with E-state index in [0.29, 0.717) is 6.54 Å². The molecule has 3 N–H and O–H groups in total. The summed E-state index contributed by atoms with van der Waals surface area (Å²) >= 11 is 0. The molecule has 1 atom stereocenters. The number of rotatable bonds is 7. The average molecular weight is 265 g/mol. The third-order valence-electron chi connectivity index (χ3n) is 3.53. The Morgan fingerprint density at radius 2 is 2.42 bits per heavy atom. The Balaban J connectivity index is 1.74. The molecule has 0 saturated heterocycles. The lowest BCUT2D eigenvalue weighted by Gasteiger charge is -2.20. The molecule has 0 aliphatic heterocycles. The monoisotopic (exact) mass is 265 g/mol. The van der Waals surface area contributed by atoms with E-state index in [1.807, 2.05) is 7.05 Å². The van der Waals surface area contributed by atoms with E-state index >= 15 is 0 Å². The van der Waals surface area contributed by atoms with Crippen LogP contribution in [0.5, 0.6) is 0 Å². The van der Waals surface area contributed by atoms with E-state index in [4.69, 9.17) is 5.73 Å². The predicted molar refractivity (Wildman–Crippen MR) is 73.4 cm³/mol. The molecule has 2 rings (SSSR count). The van der Waals surface area contributed by atoms with Crippen molar-refractivity contribution in [2.45, 2.75) is 31.8 Å². The topological polar surface area (TPSA) is 76.2 Å². The quantitative estimate of drug-likeness (QED) is 0.729. The molecule has 19 heavy (non-hydrogen) atoms. The van der Waals surface area contributed by atoms with Crippen molar-refractivity contribution in [1.82, 2.24) is 20.0 Å². The lowest BCUT2D eigenvalue weighted by molar-refractivity contribution is -0.122. The highest BCUT2D eigenvalue weighted by Crippen LogP contribution is 2.25. The minimum Gasteiger partial charge on any atom is -0.353 e. The first kappa shape index (κ1) is 14.0. The Morgan fingerprint density at radius 1 is 1.68 bits per heavy atom. The van der Waals surface area contributed by atoms with Crippen LogP contribution in [0, 0.1) is 0 Å². The molecule has 1 fully saturated rings. The summed E-state index contributed by atoms with van der Waals surface area (Å²) in [6, 6.07) is 0.0959. The van der Waals surface area contributed by atoms with E-state index in [-0.39, 0.29) is 5.91 Å². The zero-order chi connectivity index (χ0) is 13.8. The van der Waals surface area contributed by atoms with E-state index in [9.17, 15) is 4.79 Å². The minimum atomic E-state index is -0.635. The van der Waals surface area contributed by atoms with Gasteiger partial charge in [-0.25, -0.2) is 0 Å². The number of hydrogen-bond donors (Lipinski definition) is 2. The van der Waals surface area contributed by atoms with Crippen molar-refractivity contribution in [3.8, 4) is 0 Å². The van der Waals surface area contributed by atoms with Crippen LogP contribution in [0.3, 0.4) is 0 Å². The van der Waals surface area contributed by atoms with Crippen molar-refractivity contribution >= 4 is 5.91 Å². The van der Waals surface area contributed by atoms with Crippen LogP contribution < -0.4 is 11.1 Å². The molecule has 1 aliphatic rings. The van der Waals surface area contributed by atoms with Crippen LogP contribution in [0.15, 0.2) is 12.4 Å². The van der Waals surface area contributed by atoms with Gasteiger partial charge in [-0.2, -0.15) is 5.10 Å². The standard InChI is InChI=1S/C13H23N5O/c1-3-18(11-4-5-11)7-6-15-13(19)12(14)10-8-16-17(2)9-10/h8-9,11-12H,3-7,14H2,1-2H3,(H,15,19). The van der Waals surface area contributed by atoms with Gasteiger partial charge >= 0.3 is 0 Å². The first-order valence-electron chi connectivity index (χ1n) is 6.87. The SMILES string of the molecule is CCN(CCNC(=O)C(N)c1cnn(C)c1)C1CC1. The van der Waals surface area contributed by atoms with Crippen molar-refractivity contribution in [2.75, 3.05) is 19.6 Å². The second kappa shape index (κ2) is 6.16. The molecule has 1 saturated carbocycles. The maximum atomic E-state index is 11.9. The van der Waals surface area contributed by atoms with Gasteiger partial charge in [0.15, 0.2) is 0 Å². The van der Waals surface area contributed by atoms with Gasteiger partial charge in [0.25, 0.3) is 0 Å².